The Labute approximate surface area is 129 Å². The van der Waals surface area contributed by atoms with E-state index in [9.17, 15) is 8.42 Å². The van der Waals surface area contributed by atoms with Crippen molar-refractivity contribution in [3.63, 3.8) is 0 Å². The summed E-state index contributed by atoms with van der Waals surface area (Å²) in [6.45, 7) is 9.00. The summed E-state index contributed by atoms with van der Waals surface area (Å²) in [7, 11) is -3.52. The average Bonchev–Trinajstić information content (AvgIpc) is 2.43. The zero-order chi connectivity index (χ0) is 16.0. The lowest BCUT2D eigenvalue weighted by Crippen LogP contribution is -2.34. The Hall–Kier alpha value is -1.07. The van der Waals surface area contributed by atoms with E-state index in [1.54, 1.807) is 10.4 Å². The van der Waals surface area contributed by atoms with Crippen LogP contribution in [-0.2, 0) is 10.0 Å². The van der Waals surface area contributed by atoms with Crippen LogP contribution in [0.5, 0.6) is 0 Å². The van der Waals surface area contributed by atoms with Gasteiger partial charge in [-0.2, -0.15) is 4.31 Å². The van der Waals surface area contributed by atoms with Gasteiger partial charge in [0.15, 0.2) is 0 Å². The van der Waals surface area contributed by atoms with E-state index in [-0.39, 0.29) is 4.90 Å². The van der Waals surface area contributed by atoms with Crippen LogP contribution in [0.1, 0.15) is 50.7 Å². The molecule has 0 saturated carbocycles. The highest BCUT2D eigenvalue weighted by molar-refractivity contribution is 7.89. The van der Waals surface area contributed by atoms with Gasteiger partial charge in [-0.3, -0.25) is 0 Å². The summed E-state index contributed by atoms with van der Waals surface area (Å²) in [5.74, 6) is 0. The highest BCUT2D eigenvalue weighted by Gasteiger charge is 2.27. The third-order valence-corrected chi connectivity index (χ3v) is 5.93. The molecule has 1 aromatic rings. The smallest absolute Gasteiger partial charge is 0.245 e. The van der Waals surface area contributed by atoms with Crippen molar-refractivity contribution >= 4 is 15.7 Å². The first-order valence-corrected chi connectivity index (χ1v) is 9.16. The molecule has 0 aliphatic carbocycles. The number of aryl methyl sites for hydroxylation is 1. The Morgan fingerprint density at radius 2 is 1.57 bits per heavy atom. The van der Waals surface area contributed by atoms with Gasteiger partial charge in [-0.15, -0.1) is 0 Å². The molecule has 1 rings (SSSR count). The first-order valence-electron chi connectivity index (χ1n) is 7.72. The lowest BCUT2D eigenvalue weighted by molar-refractivity contribution is 0.395. The van der Waals surface area contributed by atoms with Crippen LogP contribution in [0, 0.1) is 13.8 Å². The highest BCUT2D eigenvalue weighted by atomic mass is 32.2. The maximum Gasteiger partial charge on any atom is 0.245 e. The van der Waals surface area contributed by atoms with E-state index in [0.29, 0.717) is 18.8 Å². The third kappa shape index (κ3) is 4.20. The van der Waals surface area contributed by atoms with E-state index in [1.807, 2.05) is 19.9 Å². The number of nitrogen functional groups attached to an aromatic ring is 1. The van der Waals surface area contributed by atoms with Gasteiger partial charge in [0.2, 0.25) is 10.0 Å². The summed E-state index contributed by atoms with van der Waals surface area (Å²) in [5.41, 5.74) is 8.02. The van der Waals surface area contributed by atoms with Gasteiger partial charge in [-0.25, -0.2) is 8.42 Å². The summed E-state index contributed by atoms with van der Waals surface area (Å²) in [5, 5.41) is 0. The summed E-state index contributed by atoms with van der Waals surface area (Å²) in [6, 6.07) is 3.55. The fraction of sp³-hybridized carbons (Fsp3) is 0.625. The molecule has 2 N–H and O–H groups in total. The first kappa shape index (κ1) is 18.0. The number of benzene rings is 1. The van der Waals surface area contributed by atoms with E-state index in [2.05, 4.69) is 13.8 Å². The zero-order valence-corrected chi connectivity index (χ0v) is 14.5. The first-order chi connectivity index (χ1) is 9.86. The van der Waals surface area contributed by atoms with Crippen molar-refractivity contribution in [1.82, 2.24) is 4.31 Å². The van der Waals surface area contributed by atoms with Crippen LogP contribution in [0.25, 0.3) is 0 Å². The van der Waals surface area contributed by atoms with Gasteiger partial charge in [-0.1, -0.05) is 32.8 Å². The molecule has 0 fully saturated rings. The molecule has 0 heterocycles. The largest absolute Gasteiger partial charge is 0.398 e. The van der Waals surface area contributed by atoms with Crippen molar-refractivity contribution < 1.29 is 8.42 Å². The average molecular weight is 312 g/mol. The molecule has 0 bridgehead atoms. The number of nitrogens with two attached hydrogens (primary N) is 1. The van der Waals surface area contributed by atoms with Crippen LogP contribution >= 0.6 is 0 Å². The molecule has 0 atom stereocenters. The molecule has 21 heavy (non-hydrogen) atoms. The van der Waals surface area contributed by atoms with Crippen molar-refractivity contribution in [2.45, 2.75) is 58.3 Å². The van der Waals surface area contributed by atoms with Crippen LogP contribution < -0.4 is 5.73 Å². The standard InChI is InChI=1S/C16H28N2O2S/c1-5-7-11-18(12-8-6-2)21(19,20)16-14(4)13(3)9-10-15(16)17/h9-10H,5-8,11-12,17H2,1-4H3. The summed E-state index contributed by atoms with van der Waals surface area (Å²) in [4.78, 5) is 0.287. The lowest BCUT2D eigenvalue weighted by Gasteiger charge is -2.24. The van der Waals surface area contributed by atoms with E-state index in [0.717, 1.165) is 36.8 Å². The maximum absolute atomic E-state index is 13.0. The highest BCUT2D eigenvalue weighted by Crippen LogP contribution is 2.28. The van der Waals surface area contributed by atoms with Crippen LogP contribution in [0.15, 0.2) is 17.0 Å². The topological polar surface area (TPSA) is 63.4 Å². The number of hydrogen-bond acceptors (Lipinski definition) is 3. The van der Waals surface area contributed by atoms with E-state index >= 15 is 0 Å². The minimum Gasteiger partial charge on any atom is -0.398 e. The van der Waals surface area contributed by atoms with Crippen LogP contribution in [0.3, 0.4) is 0 Å². The predicted octanol–water partition coefficient (Wildman–Crippen LogP) is 3.48. The Morgan fingerprint density at radius 3 is 2.05 bits per heavy atom. The quantitative estimate of drug-likeness (QED) is 0.747. The van der Waals surface area contributed by atoms with Gasteiger partial charge in [0.25, 0.3) is 0 Å². The van der Waals surface area contributed by atoms with Crippen molar-refractivity contribution in [2.24, 2.45) is 0 Å². The van der Waals surface area contributed by atoms with Gasteiger partial charge in [0.05, 0.1) is 5.69 Å². The zero-order valence-electron chi connectivity index (χ0n) is 13.6. The minimum absolute atomic E-state index is 0.287. The van der Waals surface area contributed by atoms with Gasteiger partial charge in [0, 0.05) is 13.1 Å². The van der Waals surface area contributed by atoms with Gasteiger partial charge >= 0.3 is 0 Å². The van der Waals surface area contributed by atoms with E-state index < -0.39 is 10.0 Å². The predicted molar refractivity (Wildman–Crippen MR) is 88.9 cm³/mol. The number of unbranched alkanes of at least 4 members (excludes halogenated alkanes) is 2. The van der Waals surface area contributed by atoms with Crippen molar-refractivity contribution in [1.29, 1.82) is 0 Å². The SMILES string of the molecule is CCCCN(CCCC)S(=O)(=O)c1c(N)ccc(C)c1C. The molecule has 0 radical (unpaired) electrons. The lowest BCUT2D eigenvalue weighted by atomic mass is 10.1. The number of rotatable bonds is 8. The second-order valence-corrected chi connectivity index (χ2v) is 7.41. The third-order valence-electron chi connectivity index (χ3n) is 3.83. The molecule has 0 amide bonds. The fourth-order valence-corrected chi connectivity index (χ4v) is 4.21. The second-order valence-electron chi connectivity index (χ2n) is 5.54. The van der Waals surface area contributed by atoms with Gasteiger partial charge < -0.3 is 5.73 Å². The second kappa shape index (κ2) is 7.80. The number of sulfonamides is 1. The molecule has 120 valence electrons. The minimum atomic E-state index is -3.52. The molecular formula is C16H28N2O2S. The fourth-order valence-electron chi connectivity index (χ4n) is 2.30. The monoisotopic (exact) mass is 312 g/mol. The Balaban J connectivity index is 3.25. The molecule has 0 aliphatic heterocycles. The molecule has 1 aromatic carbocycles. The van der Waals surface area contributed by atoms with Crippen LogP contribution in [0.4, 0.5) is 5.69 Å². The molecule has 0 aromatic heterocycles. The van der Waals surface area contributed by atoms with Crippen LogP contribution in [-0.4, -0.2) is 25.8 Å². The van der Waals surface area contributed by atoms with Crippen LogP contribution in [0.2, 0.25) is 0 Å². The summed E-state index contributed by atoms with van der Waals surface area (Å²) in [6.07, 6.45) is 3.68. The van der Waals surface area contributed by atoms with Crippen molar-refractivity contribution in [3.05, 3.63) is 23.3 Å². The number of anilines is 1. The molecule has 0 aliphatic rings. The van der Waals surface area contributed by atoms with E-state index in [4.69, 9.17) is 5.73 Å². The number of nitrogens with zero attached hydrogens (tertiary/aromatic N) is 1. The normalized spacial score (nSPS) is 12.0. The maximum atomic E-state index is 13.0. The number of hydrogen-bond donors (Lipinski definition) is 1. The Kier molecular flexibility index (Phi) is 6.68. The molecule has 0 saturated heterocycles. The van der Waals surface area contributed by atoms with Gasteiger partial charge in [-0.05, 0) is 43.9 Å². The molecule has 0 spiro atoms. The molecule has 5 heteroatoms. The Bertz CT molecular complexity index is 560. The summed E-state index contributed by atoms with van der Waals surface area (Å²) >= 11 is 0. The molecular weight excluding hydrogens is 284 g/mol. The molecule has 0 unspecified atom stereocenters. The van der Waals surface area contributed by atoms with Gasteiger partial charge in [0.1, 0.15) is 4.90 Å². The Morgan fingerprint density at radius 1 is 1.05 bits per heavy atom. The van der Waals surface area contributed by atoms with Crippen molar-refractivity contribution in [3.8, 4) is 0 Å². The van der Waals surface area contributed by atoms with Crippen molar-refractivity contribution in [2.75, 3.05) is 18.8 Å². The summed E-state index contributed by atoms with van der Waals surface area (Å²) < 4.78 is 27.6. The molecule has 4 nitrogen and oxygen atoms in total. The van der Waals surface area contributed by atoms with E-state index in [1.165, 1.54) is 0 Å².